The van der Waals surface area contributed by atoms with Crippen molar-refractivity contribution in [1.29, 1.82) is 0 Å². The molecule has 0 spiro atoms. The lowest BCUT2D eigenvalue weighted by Crippen LogP contribution is -2.10. The lowest BCUT2D eigenvalue weighted by atomic mass is 9.85. The quantitative estimate of drug-likeness (QED) is 0.129. The predicted molar refractivity (Wildman–Crippen MR) is 188 cm³/mol. The van der Waals surface area contributed by atoms with E-state index in [1.54, 1.807) is 59.8 Å². The fraction of sp³-hybridized carbons (Fsp3) is 0.350. The van der Waals surface area contributed by atoms with E-state index in [0.717, 1.165) is 22.4 Å². The molecule has 1 saturated heterocycles. The van der Waals surface area contributed by atoms with Gasteiger partial charge in [-0.05, 0) is 95.1 Å². The summed E-state index contributed by atoms with van der Waals surface area (Å²) in [5.74, 6) is 4.15. The van der Waals surface area contributed by atoms with Gasteiger partial charge >= 0.3 is 0 Å². The van der Waals surface area contributed by atoms with Crippen LogP contribution < -0.4 is 33.2 Å². The summed E-state index contributed by atoms with van der Waals surface area (Å²) in [6.07, 6.45) is -2.38. The van der Waals surface area contributed by atoms with Crippen molar-refractivity contribution in [3.8, 4) is 40.2 Å². The minimum atomic E-state index is -1.02. The Morgan fingerprint density at radius 3 is 1.36 bits per heavy atom. The Kier molecular flexibility index (Phi) is 12.0. The van der Waals surface area contributed by atoms with Crippen LogP contribution in [0.5, 0.6) is 40.2 Å². The van der Waals surface area contributed by atoms with Gasteiger partial charge in [0.15, 0.2) is 47.7 Å². The molecule has 4 aromatic rings. The highest BCUT2D eigenvalue weighted by Crippen LogP contribution is 2.51. The molecule has 0 amide bonds. The van der Waals surface area contributed by atoms with Gasteiger partial charge in [-0.1, -0.05) is 38.1 Å². The second kappa shape index (κ2) is 16.4. The number of methoxy groups -OCH3 is 5. The van der Waals surface area contributed by atoms with Crippen LogP contribution in [-0.2, 0) is 4.74 Å². The van der Waals surface area contributed by atoms with Crippen LogP contribution >= 0.6 is 0 Å². The normalized spacial score (nSPS) is 19.7. The maximum Gasteiger partial charge on any atom is 0.168 e. The Bertz CT molecular complexity index is 1740. The average Bonchev–Trinajstić information content (AvgIpc) is 3.45. The van der Waals surface area contributed by atoms with Gasteiger partial charge in [-0.25, -0.2) is 0 Å². The van der Waals surface area contributed by atoms with E-state index in [1.165, 1.54) is 13.2 Å². The molecule has 2 unspecified atom stereocenters. The number of aliphatic hydroxyl groups is 2. The third kappa shape index (κ3) is 7.88. The van der Waals surface area contributed by atoms with Gasteiger partial charge in [0, 0.05) is 0 Å². The van der Waals surface area contributed by atoms with Crippen molar-refractivity contribution in [2.75, 3.05) is 35.5 Å². The number of aliphatic hydroxyl groups excluding tert-OH is 2. The van der Waals surface area contributed by atoms with Crippen LogP contribution in [0.4, 0.5) is 0 Å². The summed E-state index contributed by atoms with van der Waals surface area (Å²) in [4.78, 5) is 0. The Morgan fingerprint density at radius 2 is 0.920 bits per heavy atom. The van der Waals surface area contributed by atoms with E-state index >= 15 is 0 Å². The van der Waals surface area contributed by atoms with Gasteiger partial charge in [-0.3, -0.25) is 0 Å². The van der Waals surface area contributed by atoms with Crippen molar-refractivity contribution in [1.82, 2.24) is 0 Å². The van der Waals surface area contributed by atoms with E-state index in [9.17, 15) is 10.2 Å². The number of benzene rings is 4. The van der Waals surface area contributed by atoms with Crippen molar-refractivity contribution >= 4 is 0 Å². The Labute approximate surface area is 294 Å². The number of hydrogen-bond donors (Lipinski definition) is 2. The average molecular weight is 687 g/mol. The molecule has 2 N–H and O–H groups in total. The second-order valence-electron chi connectivity index (χ2n) is 12.3. The molecule has 1 aliphatic heterocycles. The SMILES string of the molecule is COc1ccc([C@@H](O)[CH]Oc2ccc(C3OC(c4ccc(O[CH][C@H](O)c5ccc(OC)c(OC)c5)c(OC)c4)[C@H](C)[C@H]3C)cc2OC)cc1C. The molecule has 1 heterocycles. The van der Waals surface area contributed by atoms with Crippen molar-refractivity contribution < 1.29 is 48.1 Å². The predicted octanol–water partition coefficient (Wildman–Crippen LogP) is 7.67. The smallest absolute Gasteiger partial charge is 0.168 e. The summed E-state index contributed by atoms with van der Waals surface area (Å²) in [6, 6.07) is 22.0. The largest absolute Gasteiger partial charge is 0.496 e. The van der Waals surface area contributed by atoms with Gasteiger partial charge in [0.25, 0.3) is 0 Å². The van der Waals surface area contributed by atoms with Gasteiger partial charge in [-0.2, -0.15) is 0 Å². The van der Waals surface area contributed by atoms with E-state index in [-0.39, 0.29) is 24.0 Å². The first-order valence-corrected chi connectivity index (χ1v) is 16.4. The highest BCUT2D eigenvalue weighted by atomic mass is 16.5. The highest BCUT2D eigenvalue weighted by Gasteiger charge is 2.41. The minimum Gasteiger partial charge on any atom is -0.496 e. The van der Waals surface area contributed by atoms with E-state index in [1.807, 2.05) is 55.5 Å². The highest BCUT2D eigenvalue weighted by molar-refractivity contribution is 5.47. The first-order chi connectivity index (χ1) is 24.1. The van der Waals surface area contributed by atoms with Gasteiger partial charge in [-0.15, -0.1) is 0 Å². The van der Waals surface area contributed by atoms with Gasteiger partial charge in [0.1, 0.15) is 18.0 Å². The fourth-order valence-electron chi connectivity index (χ4n) is 6.19. The van der Waals surface area contributed by atoms with Crippen LogP contribution in [0.1, 0.15) is 66.1 Å². The molecule has 10 nitrogen and oxygen atoms in total. The molecule has 1 fully saturated rings. The van der Waals surface area contributed by atoms with E-state index < -0.39 is 12.2 Å². The Hall–Kier alpha value is -4.64. The van der Waals surface area contributed by atoms with Crippen LogP contribution in [0.2, 0.25) is 0 Å². The molecule has 0 saturated carbocycles. The lowest BCUT2D eigenvalue weighted by molar-refractivity contribution is 0.0287. The molecule has 266 valence electrons. The second-order valence-corrected chi connectivity index (χ2v) is 12.3. The lowest BCUT2D eigenvalue weighted by Gasteiger charge is -2.20. The molecule has 2 radical (unpaired) electrons. The van der Waals surface area contributed by atoms with Crippen LogP contribution in [0.15, 0.2) is 72.8 Å². The molecule has 5 rings (SSSR count). The van der Waals surface area contributed by atoms with Crippen LogP contribution in [0.25, 0.3) is 0 Å². The molecular weight excluding hydrogens is 640 g/mol. The third-order valence-corrected chi connectivity index (χ3v) is 9.27. The molecule has 0 aromatic heterocycles. The summed E-state index contributed by atoms with van der Waals surface area (Å²) in [6.45, 7) is 8.98. The third-order valence-electron chi connectivity index (χ3n) is 9.27. The molecule has 1 aliphatic rings. The topological polar surface area (TPSA) is 114 Å². The summed E-state index contributed by atoms with van der Waals surface area (Å²) in [7, 11) is 7.87. The van der Waals surface area contributed by atoms with Crippen LogP contribution in [0, 0.1) is 32.0 Å². The molecule has 4 aromatic carbocycles. The summed E-state index contributed by atoms with van der Waals surface area (Å²) < 4.78 is 45.8. The number of aryl methyl sites for hydroxylation is 1. The van der Waals surface area contributed by atoms with Crippen molar-refractivity contribution in [3.63, 3.8) is 0 Å². The zero-order chi connectivity index (χ0) is 35.9. The van der Waals surface area contributed by atoms with Crippen molar-refractivity contribution in [3.05, 3.63) is 114 Å². The Morgan fingerprint density at radius 1 is 0.520 bits per heavy atom. The van der Waals surface area contributed by atoms with Gasteiger partial charge < -0.3 is 48.1 Å². The van der Waals surface area contributed by atoms with Crippen LogP contribution in [-0.4, -0.2) is 45.8 Å². The van der Waals surface area contributed by atoms with Gasteiger partial charge in [0.05, 0.1) is 47.8 Å². The first-order valence-electron chi connectivity index (χ1n) is 16.4. The standard InChI is InChI=1S/C40H46O10/c1-23-17-26(9-13-32(23)43-4)30(41)21-48-34-15-11-28(19-37(34)46-7)39-24(2)25(3)40(50-39)29-12-16-35(38(20-29)47-8)49-22-31(42)27-10-14-33(44-5)36(18-27)45-6/h9-22,24-25,30-31,39-42H,1-8H3/t24-,25-,30+,31+,39?,40?/m1/s1. The molecule has 0 aliphatic carbocycles. The van der Waals surface area contributed by atoms with Crippen molar-refractivity contribution in [2.45, 2.75) is 45.2 Å². The number of hydrogen-bond acceptors (Lipinski definition) is 10. The molecule has 6 atom stereocenters. The molecule has 10 heteroatoms. The molecular formula is C40H46O10. The van der Waals surface area contributed by atoms with Crippen molar-refractivity contribution in [2.24, 2.45) is 11.8 Å². The van der Waals surface area contributed by atoms with Crippen LogP contribution in [0.3, 0.4) is 0 Å². The summed E-state index contributed by atoms with van der Waals surface area (Å²) in [5, 5.41) is 21.5. The maximum absolute atomic E-state index is 10.8. The summed E-state index contributed by atoms with van der Waals surface area (Å²) in [5.41, 5.74) is 4.09. The zero-order valence-corrected chi connectivity index (χ0v) is 29.7. The monoisotopic (exact) mass is 686 g/mol. The first kappa shape index (κ1) is 36.6. The van der Waals surface area contributed by atoms with E-state index in [4.69, 9.17) is 37.9 Å². The Balaban J connectivity index is 1.25. The number of ether oxygens (including phenoxy) is 8. The fourth-order valence-corrected chi connectivity index (χ4v) is 6.19. The molecule has 0 bridgehead atoms. The molecule has 50 heavy (non-hydrogen) atoms. The van der Waals surface area contributed by atoms with Gasteiger partial charge in [0.2, 0.25) is 0 Å². The van der Waals surface area contributed by atoms with E-state index in [2.05, 4.69) is 13.8 Å². The summed E-state index contributed by atoms with van der Waals surface area (Å²) >= 11 is 0. The maximum atomic E-state index is 10.8. The zero-order valence-electron chi connectivity index (χ0n) is 29.7. The van der Waals surface area contributed by atoms with E-state index in [0.29, 0.717) is 45.6 Å². The minimum absolute atomic E-state index is 0.174. The number of rotatable bonds is 15.